The van der Waals surface area contributed by atoms with E-state index >= 15 is 0 Å². The Labute approximate surface area is 184 Å². The maximum atomic E-state index is 13.8. The quantitative estimate of drug-likeness (QED) is 0.455. The largest absolute Gasteiger partial charge is 0.416 e. The fraction of sp³-hybridized carbons (Fsp3) is 0.273. The van der Waals surface area contributed by atoms with Gasteiger partial charge in [0.05, 0.1) is 17.8 Å². The topological polar surface area (TPSA) is 59.0 Å². The molecule has 1 aliphatic rings. The number of alkyl halides is 6. The molecule has 1 amide bonds. The molecule has 0 spiro atoms. The number of fused-ring (bicyclic) bond motifs is 1. The van der Waals surface area contributed by atoms with Crippen LogP contribution in [0.25, 0.3) is 0 Å². The second-order valence-electron chi connectivity index (χ2n) is 7.78. The van der Waals surface area contributed by atoms with Crippen LogP contribution >= 0.6 is 0 Å². The summed E-state index contributed by atoms with van der Waals surface area (Å²) in [6.07, 6.45) is -8.60. The molecule has 2 heterocycles. The van der Waals surface area contributed by atoms with Crippen molar-refractivity contribution in [1.82, 2.24) is 9.78 Å². The average Bonchev–Trinajstić information content (AvgIpc) is 3.16. The monoisotopic (exact) mass is 468 g/mol. The average molecular weight is 468 g/mol. The molecule has 4 rings (SSSR count). The van der Waals surface area contributed by atoms with Crippen molar-refractivity contribution >= 4 is 17.4 Å². The van der Waals surface area contributed by atoms with Crippen LogP contribution in [0.15, 0.2) is 54.7 Å². The van der Waals surface area contributed by atoms with E-state index in [2.05, 4.69) is 15.7 Å². The summed E-state index contributed by atoms with van der Waals surface area (Å²) in [5.74, 6) is -1.04. The first-order chi connectivity index (χ1) is 15.4. The molecule has 0 bridgehead atoms. The van der Waals surface area contributed by atoms with E-state index in [0.717, 1.165) is 30.0 Å². The number of hydrogen-bond donors (Lipinski definition) is 2. The summed E-state index contributed by atoms with van der Waals surface area (Å²) >= 11 is 0. The van der Waals surface area contributed by atoms with Gasteiger partial charge in [-0.3, -0.25) is 4.79 Å². The van der Waals surface area contributed by atoms with E-state index in [1.807, 2.05) is 6.92 Å². The predicted octanol–water partition coefficient (Wildman–Crippen LogP) is 6.12. The first-order valence-electron chi connectivity index (χ1n) is 9.89. The van der Waals surface area contributed by atoms with Crippen molar-refractivity contribution < 1.29 is 31.1 Å². The summed E-state index contributed by atoms with van der Waals surface area (Å²) < 4.78 is 80.9. The molecule has 1 aromatic heterocycles. The smallest absolute Gasteiger partial charge is 0.363 e. The third kappa shape index (κ3) is 4.67. The SMILES string of the molecule is Cc1ccc([C@H]2C[C@@H](C(F)(F)F)n3ncc(C(=O)Nc4cccc(C(F)(F)F)c4)c3N2)cc1. The van der Waals surface area contributed by atoms with E-state index in [-0.39, 0.29) is 23.5 Å². The highest BCUT2D eigenvalue weighted by atomic mass is 19.4. The molecule has 174 valence electrons. The number of nitrogens with zero attached hydrogens (tertiary/aromatic N) is 2. The molecule has 2 atom stereocenters. The minimum atomic E-state index is -4.62. The third-order valence-corrected chi connectivity index (χ3v) is 5.41. The molecule has 0 saturated carbocycles. The van der Waals surface area contributed by atoms with Crippen LogP contribution in [0.5, 0.6) is 0 Å². The fourth-order valence-corrected chi connectivity index (χ4v) is 3.72. The lowest BCUT2D eigenvalue weighted by Gasteiger charge is -2.34. The minimum absolute atomic E-state index is 0.145. The number of aromatic nitrogens is 2. The Hall–Kier alpha value is -3.50. The van der Waals surface area contributed by atoms with Gasteiger partial charge in [-0.05, 0) is 30.7 Å². The van der Waals surface area contributed by atoms with Crippen molar-refractivity contribution in [2.45, 2.75) is 37.8 Å². The summed E-state index contributed by atoms with van der Waals surface area (Å²) in [5.41, 5.74) is 0.221. The fourth-order valence-electron chi connectivity index (χ4n) is 3.72. The van der Waals surface area contributed by atoms with Crippen LogP contribution in [0.3, 0.4) is 0 Å². The molecule has 1 aliphatic heterocycles. The van der Waals surface area contributed by atoms with Gasteiger partial charge >= 0.3 is 12.4 Å². The van der Waals surface area contributed by atoms with E-state index in [9.17, 15) is 31.1 Å². The lowest BCUT2D eigenvalue weighted by molar-refractivity contribution is -0.173. The van der Waals surface area contributed by atoms with Crippen molar-refractivity contribution in [2.75, 3.05) is 10.6 Å². The lowest BCUT2D eigenvalue weighted by Crippen LogP contribution is -2.36. The molecule has 2 aromatic carbocycles. The molecular formula is C22H18F6N4O. The molecule has 0 aliphatic carbocycles. The normalized spacial score (nSPS) is 18.4. The number of carbonyl (C=O) groups excluding carboxylic acids is 1. The van der Waals surface area contributed by atoms with Crippen molar-refractivity contribution in [1.29, 1.82) is 0 Å². The van der Waals surface area contributed by atoms with Crippen molar-refractivity contribution in [3.8, 4) is 0 Å². The van der Waals surface area contributed by atoms with Gasteiger partial charge in [0.15, 0.2) is 6.04 Å². The number of rotatable bonds is 3. The zero-order valence-electron chi connectivity index (χ0n) is 17.1. The van der Waals surface area contributed by atoms with Gasteiger partial charge in [0.25, 0.3) is 5.91 Å². The van der Waals surface area contributed by atoms with Crippen molar-refractivity contribution in [3.63, 3.8) is 0 Å². The highest BCUT2D eigenvalue weighted by Crippen LogP contribution is 2.44. The Bertz CT molecular complexity index is 1170. The molecule has 0 saturated heterocycles. The number of nitrogens with one attached hydrogen (secondary N) is 2. The van der Waals surface area contributed by atoms with Crippen LogP contribution in [0.4, 0.5) is 37.8 Å². The van der Waals surface area contributed by atoms with Gasteiger partial charge in [0.1, 0.15) is 11.4 Å². The second kappa shape index (κ2) is 8.13. The zero-order chi connectivity index (χ0) is 24.0. The molecule has 5 nitrogen and oxygen atoms in total. The highest BCUT2D eigenvalue weighted by Gasteiger charge is 2.47. The number of amides is 1. The number of aryl methyl sites for hydroxylation is 1. The van der Waals surface area contributed by atoms with Gasteiger partial charge in [-0.25, -0.2) is 4.68 Å². The minimum Gasteiger partial charge on any atom is -0.363 e. The van der Waals surface area contributed by atoms with Crippen LogP contribution in [-0.2, 0) is 6.18 Å². The van der Waals surface area contributed by atoms with Gasteiger partial charge in [-0.1, -0.05) is 35.9 Å². The Balaban J connectivity index is 1.67. The molecule has 11 heteroatoms. The summed E-state index contributed by atoms with van der Waals surface area (Å²) in [6.45, 7) is 1.85. The van der Waals surface area contributed by atoms with Crippen LogP contribution in [0, 0.1) is 6.92 Å². The number of benzene rings is 2. The summed E-state index contributed by atoms with van der Waals surface area (Å²) in [5, 5.41) is 9.01. The Kier molecular flexibility index (Phi) is 5.59. The molecule has 2 N–H and O–H groups in total. The number of anilines is 2. The van der Waals surface area contributed by atoms with Gasteiger partial charge in [-0.2, -0.15) is 31.4 Å². The standard InChI is InChI=1S/C22H18F6N4O/c1-12-5-7-13(8-6-12)17-10-18(22(26,27)28)32-19(31-17)16(11-29-32)20(33)30-15-4-2-3-14(9-15)21(23,24)25/h2-9,11,17-18,31H,10H2,1H3,(H,30,33)/t17-,18+/m1/s1. The van der Waals surface area contributed by atoms with Crippen LogP contribution < -0.4 is 10.6 Å². The van der Waals surface area contributed by atoms with Crippen molar-refractivity contribution in [3.05, 3.63) is 77.0 Å². The molecule has 0 fully saturated rings. The Morgan fingerprint density at radius 2 is 1.79 bits per heavy atom. The van der Waals surface area contributed by atoms with Gasteiger partial charge in [-0.15, -0.1) is 0 Å². The maximum Gasteiger partial charge on any atom is 0.416 e. The molecular weight excluding hydrogens is 450 g/mol. The zero-order valence-corrected chi connectivity index (χ0v) is 17.1. The van der Waals surface area contributed by atoms with E-state index in [1.165, 1.54) is 6.07 Å². The van der Waals surface area contributed by atoms with Gasteiger partial charge < -0.3 is 10.6 Å². The first kappa shape index (κ1) is 22.7. The summed E-state index contributed by atoms with van der Waals surface area (Å²) in [7, 11) is 0. The van der Waals surface area contributed by atoms with Gasteiger partial charge in [0.2, 0.25) is 0 Å². The highest BCUT2D eigenvalue weighted by molar-refractivity contribution is 6.07. The summed E-state index contributed by atoms with van der Waals surface area (Å²) in [6, 6.07) is 8.19. The molecule has 33 heavy (non-hydrogen) atoms. The van der Waals surface area contributed by atoms with Gasteiger partial charge in [0, 0.05) is 12.1 Å². The molecule has 0 unspecified atom stereocenters. The van der Waals surface area contributed by atoms with E-state index in [1.54, 1.807) is 24.3 Å². The third-order valence-electron chi connectivity index (χ3n) is 5.41. The van der Waals surface area contributed by atoms with E-state index in [0.29, 0.717) is 10.2 Å². The van der Waals surface area contributed by atoms with Crippen LogP contribution in [0.2, 0.25) is 0 Å². The second-order valence-corrected chi connectivity index (χ2v) is 7.78. The van der Waals surface area contributed by atoms with Crippen LogP contribution in [-0.4, -0.2) is 21.9 Å². The molecule has 0 radical (unpaired) electrons. The number of hydrogen-bond acceptors (Lipinski definition) is 3. The Morgan fingerprint density at radius 1 is 1.09 bits per heavy atom. The Morgan fingerprint density at radius 3 is 2.42 bits per heavy atom. The van der Waals surface area contributed by atoms with Crippen molar-refractivity contribution in [2.24, 2.45) is 0 Å². The lowest BCUT2D eigenvalue weighted by atomic mass is 9.96. The van der Waals surface area contributed by atoms with E-state index in [4.69, 9.17) is 0 Å². The number of halogens is 6. The van der Waals surface area contributed by atoms with E-state index < -0.39 is 35.9 Å². The van der Waals surface area contributed by atoms with Crippen LogP contribution in [0.1, 0.15) is 45.6 Å². The maximum absolute atomic E-state index is 13.8. The first-order valence-corrected chi connectivity index (χ1v) is 9.89. The predicted molar refractivity (Wildman–Crippen MR) is 109 cm³/mol. The molecule has 3 aromatic rings. The number of carbonyl (C=O) groups is 1. The summed E-state index contributed by atoms with van der Waals surface area (Å²) in [4.78, 5) is 12.8.